The van der Waals surface area contributed by atoms with Crippen LogP contribution in [0.4, 0.5) is 0 Å². The number of thioether (sulfide) groups is 1. The number of benzene rings is 2. The van der Waals surface area contributed by atoms with E-state index in [1.54, 1.807) is 10.6 Å². The maximum Gasteiger partial charge on any atom is 0.336 e. The van der Waals surface area contributed by atoms with Crippen LogP contribution in [-0.4, -0.2) is 22.3 Å². The van der Waals surface area contributed by atoms with Crippen LogP contribution in [0.1, 0.15) is 36.0 Å². The molecule has 0 N–H and O–H groups in total. The lowest BCUT2D eigenvalue weighted by Crippen LogP contribution is -2.28. The predicted octanol–water partition coefficient (Wildman–Crippen LogP) is 4.46. The van der Waals surface area contributed by atoms with Gasteiger partial charge in [-0.1, -0.05) is 23.9 Å². The molecule has 4 aromatic rings. The number of para-hydroxylation sites is 1. The van der Waals surface area contributed by atoms with E-state index in [0.717, 1.165) is 49.7 Å². The lowest BCUT2D eigenvalue weighted by Gasteiger charge is -2.16. The van der Waals surface area contributed by atoms with E-state index >= 15 is 0 Å². The van der Waals surface area contributed by atoms with Crippen LogP contribution in [0.15, 0.2) is 61.6 Å². The molecule has 1 saturated heterocycles. The Hall–Kier alpha value is -2.90. The summed E-state index contributed by atoms with van der Waals surface area (Å²) in [6, 6.07) is 13.2. The van der Waals surface area contributed by atoms with Crippen LogP contribution >= 0.6 is 11.8 Å². The second kappa shape index (κ2) is 8.47. The highest BCUT2D eigenvalue weighted by atomic mass is 32.2. The number of hydrogen-bond acceptors (Lipinski definition) is 6. The van der Waals surface area contributed by atoms with Crippen molar-refractivity contribution in [3.63, 3.8) is 0 Å². The van der Waals surface area contributed by atoms with E-state index in [1.165, 1.54) is 22.9 Å². The van der Waals surface area contributed by atoms with Crippen molar-refractivity contribution in [2.75, 3.05) is 6.61 Å². The summed E-state index contributed by atoms with van der Waals surface area (Å²) >= 11 is 1.49. The fourth-order valence-electron chi connectivity index (χ4n) is 4.97. The first kappa shape index (κ1) is 20.7. The zero-order chi connectivity index (χ0) is 22.4. The van der Waals surface area contributed by atoms with Crippen molar-refractivity contribution in [2.24, 2.45) is 0 Å². The minimum Gasteiger partial charge on any atom is -0.423 e. The molecule has 3 heterocycles. The molecule has 0 radical (unpaired) electrons. The zero-order valence-electron chi connectivity index (χ0n) is 18.2. The summed E-state index contributed by atoms with van der Waals surface area (Å²) in [5, 5.41) is 2.23. The minimum atomic E-state index is -0.348. The number of ether oxygens (including phenoxy) is 1. The molecule has 7 heteroatoms. The Morgan fingerprint density at radius 1 is 1.03 bits per heavy atom. The van der Waals surface area contributed by atoms with E-state index in [1.807, 2.05) is 30.3 Å². The van der Waals surface area contributed by atoms with Crippen molar-refractivity contribution >= 4 is 33.6 Å². The van der Waals surface area contributed by atoms with Crippen molar-refractivity contribution < 1.29 is 9.15 Å². The van der Waals surface area contributed by atoms with E-state index in [4.69, 9.17) is 14.1 Å². The summed E-state index contributed by atoms with van der Waals surface area (Å²) in [6.45, 7) is 1.23. The van der Waals surface area contributed by atoms with Gasteiger partial charge in [-0.3, -0.25) is 9.36 Å². The maximum absolute atomic E-state index is 13.3. The first-order chi connectivity index (χ1) is 16.2. The van der Waals surface area contributed by atoms with Crippen molar-refractivity contribution in [3.8, 4) is 0 Å². The Labute approximate surface area is 194 Å². The number of aromatic nitrogens is 2. The van der Waals surface area contributed by atoms with E-state index < -0.39 is 0 Å². The molecule has 1 aliphatic carbocycles. The summed E-state index contributed by atoms with van der Waals surface area (Å²) in [6.07, 6.45) is 5.21. The van der Waals surface area contributed by atoms with Crippen molar-refractivity contribution in [1.82, 2.24) is 9.55 Å². The molecule has 0 spiro atoms. The molecule has 6 nitrogen and oxygen atoms in total. The summed E-state index contributed by atoms with van der Waals surface area (Å²) in [5.74, 6) is 0.525. The van der Waals surface area contributed by atoms with E-state index in [9.17, 15) is 9.59 Å². The maximum atomic E-state index is 13.3. The molecular formula is C26H24N2O4S. The smallest absolute Gasteiger partial charge is 0.336 e. The normalized spacial score (nSPS) is 17.8. The van der Waals surface area contributed by atoms with E-state index in [0.29, 0.717) is 33.9 Å². The minimum absolute atomic E-state index is 0.0252. The molecule has 2 aromatic carbocycles. The fraction of sp³-hybridized carbons (Fsp3) is 0.346. The summed E-state index contributed by atoms with van der Waals surface area (Å²) in [5.41, 5.74) is 4.45. The third-order valence-electron chi connectivity index (χ3n) is 6.64. The Balaban J connectivity index is 1.40. The number of fused-ring (bicyclic) bond motifs is 3. The van der Waals surface area contributed by atoms with Gasteiger partial charge in [0.1, 0.15) is 5.58 Å². The van der Waals surface area contributed by atoms with Crippen molar-refractivity contribution in [2.45, 2.75) is 55.7 Å². The monoisotopic (exact) mass is 460 g/mol. The van der Waals surface area contributed by atoms with Crippen LogP contribution in [0.3, 0.4) is 0 Å². The van der Waals surface area contributed by atoms with Gasteiger partial charge in [-0.15, -0.1) is 0 Å². The van der Waals surface area contributed by atoms with Gasteiger partial charge in [0.25, 0.3) is 5.56 Å². The number of nitrogens with zero attached hydrogens (tertiary/aromatic N) is 2. The van der Waals surface area contributed by atoms with E-state index in [-0.39, 0.29) is 17.3 Å². The molecule has 0 bridgehead atoms. The Morgan fingerprint density at radius 3 is 2.73 bits per heavy atom. The van der Waals surface area contributed by atoms with Crippen LogP contribution < -0.4 is 11.2 Å². The van der Waals surface area contributed by atoms with Crippen LogP contribution in [0.2, 0.25) is 0 Å². The molecule has 2 aliphatic rings. The van der Waals surface area contributed by atoms with E-state index in [2.05, 4.69) is 6.07 Å². The average Bonchev–Trinajstić information content (AvgIpc) is 3.50. The molecule has 1 fully saturated rings. The van der Waals surface area contributed by atoms with Gasteiger partial charge in [-0.25, -0.2) is 9.78 Å². The summed E-state index contributed by atoms with van der Waals surface area (Å²) in [4.78, 5) is 30.4. The summed E-state index contributed by atoms with van der Waals surface area (Å²) in [7, 11) is 0. The lowest BCUT2D eigenvalue weighted by molar-refractivity contribution is 0.0937. The predicted molar refractivity (Wildman–Crippen MR) is 129 cm³/mol. The van der Waals surface area contributed by atoms with Crippen LogP contribution in [-0.2, 0) is 29.9 Å². The molecule has 33 heavy (non-hydrogen) atoms. The average molecular weight is 461 g/mol. The first-order valence-corrected chi connectivity index (χ1v) is 12.5. The standard InChI is InChI=1S/C26H24N2O4S/c29-24-13-18(21-11-16-5-3-6-17(16)12-23(21)32-24)15-33-26-27-22-9-2-1-8-20(22)25(30)28(26)14-19-7-4-10-31-19/h1-2,8-9,11-13,19H,3-7,10,14-15H2/t19-/m0/s1. The third kappa shape index (κ3) is 3.89. The topological polar surface area (TPSA) is 74.3 Å². The molecule has 0 amide bonds. The van der Waals surface area contributed by atoms with Gasteiger partial charge >= 0.3 is 5.63 Å². The molecular weight excluding hydrogens is 436 g/mol. The second-order valence-electron chi connectivity index (χ2n) is 8.81. The molecule has 1 aliphatic heterocycles. The van der Waals surface area contributed by atoms with Gasteiger partial charge in [0.05, 0.1) is 23.6 Å². The molecule has 168 valence electrons. The fourth-order valence-corrected chi connectivity index (χ4v) is 5.97. The van der Waals surface area contributed by atoms with Crippen molar-refractivity contribution in [1.29, 1.82) is 0 Å². The highest BCUT2D eigenvalue weighted by molar-refractivity contribution is 7.98. The second-order valence-corrected chi connectivity index (χ2v) is 9.75. The molecule has 0 saturated carbocycles. The Bertz CT molecular complexity index is 1480. The largest absolute Gasteiger partial charge is 0.423 e. The Kier molecular flexibility index (Phi) is 5.31. The lowest BCUT2D eigenvalue weighted by atomic mass is 10.0. The molecule has 6 rings (SSSR count). The first-order valence-electron chi connectivity index (χ1n) is 11.5. The molecule has 2 aromatic heterocycles. The Morgan fingerprint density at radius 2 is 1.88 bits per heavy atom. The quantitative estimate of drug-likeness (QED) is 0.249. The highest BCUT2D eigenvalue weighted by Gasteiger charge is 2.21. The number of hydrogen-bond donors (Lipinski definition) is 0. The van der Waals surface area contributed by atoms with Crippen LogP contribution in [0.25, 0.3) is 21.9 Å². The van der Waals surface area contributed by atoms with Gasteiger partial charge in [0.15, 0.2) is 5.16 Å². The molecule has 0 unspecified atom stereocenters. The highest BCUT2D eigenvalue weighted by Crippen LogP contribution is 2.31. The van der Waals surface area contributed by atoms with Gasteiger partial charge < -0.3 is 9.15 Å². The zero-order valence-corrected chi connectivity index (χ0v) is 19.0. The third-order valence-corrected chi connectivity index (χ3v) is 7.66. The van der Waals surface area contributed by atoms with Crippen molar-refractivity contribution in [3.05, 3.63) is 79.9 Å². The number of aryl methyl sites for hydroxylation is 2. The van der Waals surface area contributed by atoms with Crippen LogP contribution in [0, 0.1) is 0 Å². The number of rotatable bonds is 5. The SMILES string of the molecule is O=c1cc(CSc2nc3ccccc3c(=O)n2C[C@@H]2CCCO2)c2cc3c(cc2o1)CCC3. The summed E-state index contributed by atoms with van der Waals surface area (Å²) < 4.78 is 13.1. The molecule has 1 atom stereocenters. The van der Waals surface area contributed by atoms with Gasteiger partial charge in [-0.2, -0.15) is 0 Å². The van der Waals surface area contributed by atoms with Crippen LogP contribution in [0.5, 0.6) is 0 Å². The van der Waals surface area contributed by atoms with Gasteiger partial charge in [0.2, 0.25) is 0 Å². The van der Waals surface area contributed by atoms with Gasteiger partial charge in [-0.05, 0) is 73.1 Å². The van der Waals surface area contributed by atoms with Gasteiger partial charge in [0, 0.05) is 23.8 Å².